The molecule has 2 aliphatic rings. The lowest BCUT2D eigenvalue weighted by atomic mass is 10.1. The van der Waals surface area contributed by atoms with E-state index in [1.165, 1.54) is 19.0 Å². The van der Waals surface area contributed by atoms with E-state index in [0.717, 1.165) is 13.1 Å². The fraction of sp³-hybridized carbons (Fsp3) is 0.533. The van der Waals surface area contributed by atoms with Crippen molar-refractivity contribution >= 4 is 5.91 Å². The number of nitriles is 1. The Hall–Kier alpha value is -1.97. The molecular weight excluding hydrogens is 268 g/mol. The van der Waals surface area contributed by atoms with E-state index in [1.54, 1.807) is 12.1 Å². The van der Waals surface area contributed by atoms with Crippen LogP contribution >= 0.6 is 0 Å². The zero-order chi connectivity index (χ0) is 14.7. The number of pyridine rings is 1. The van der Waals surface area contributed by atoms with E-state index >= 15 is 0 Å². The number of aromatic nitrogens is 1. The summed E-state index contributed by atoms with van der Waals surface area (Å²) in [6.07, 6.45) is 3.88. The molecule has 1 aromatic heterocycles. The highest BCUT2D eigenvalue weighted by molar-refractivity contribution is 5.94. The first-order valence-corrected chi connectivity index (χ1v) is 7.27. The molecule has 0 spiro atoms. The third-order valence-corrected chi connectivity index (χ3v) is 4.12. The van der Waals surface area contributed by atoms with Crippen LogP contribution in [-0.2, 0) is 4.74 Å². The highest BCUT2D eigenvalue weighted by Crippen LogP contribution is 2.19. The van der Waals surface area contributed by atoms with Gasteiger partial charge >= 0.3 is 0 Å². The summed E-state index contributed by atoms with van der Waals surface area (Å²) < 4.78 is 5.54. The molecule has 0 bridgehead atoms. The summed E-state index contributed by atoms with van der Waals surface area (Å²) in [5.41, 5.74) is 0.784. The summed E-state index contributed by atoms with van der Waals surface area (Å²) >= 11 is 0. The third kappa shape index (κ3) is 3.04. The Kier molecular flexibility index (Phi) is 4.13. The Morgan fingerprint density at radius 2 is 2.19 bits per heavy atom. The number of nitrogens with zero attached hydrogens (tertiary/aromatic N) is 3. The lowest BCUT2D eigenvalue weighted by Crippen LogP contribution is -2.50. The number of rotatable bonds is 3. The number of ether oxygens (including phenoxy) is 1. The molecule has 21 heavy (non-hydrogen) atoms. The lowest BCUT2D eigenvalue weighted by Gasteiger charge is -2.27. The average molecular weight is 286 g/mol. The van der Waals surface area contributed by atoms with E-state index in [2.05, 4.69) is 15.2 Å². The molecule has 2 atom stereocenters. The van der Waals surface area contributed by atoms with E-state index in [9.17, 15) is 4.79 Å². The first-order valence-electron chi connectivity index (χ1n) is 7.27. The molecule has 0 aliphatic carbocycles. The molecule has 6 nitrogen and oxygen atoms in total. The number of carbonyl (C=O) groups is 1. The molecule has 1 N–H and O–H groups in total. The first-order chi connectivity index (χ1) is 10.3. The van der Waals surface area contributed by atoms with Crippen molar-refractivity contribution in [2.45, 2.75) is 24.9 Å². The predicted molar refractivity (Wildman–Crippen MR) is 75.6 cm³/mol. The van der Waals surface area contributed by atoms with Gasteiger partial charge in [-0.25, -0.2) is 4.98 Å². The molecule has 6 heteroatoms. The minimum atomic E-state index is -0.160. The first kappa shape index (κ1) is 14.0. The van der Waals surface area contributed by atoms with E-state index < -0.39 is 0 Å². The van der Waals surface area contributed by atoms with Crippen molar-refractivity contribution in [3.05, 3.63) is 29.6 Å². The Morgan fingerprint density at radius 3 is 2.86 bits per heavy atom. The zero-order valence-electron chi connectivity index (χ0n) is 11.8. The van der Waals surface area contributed by atoms with Gasteiger partial charge in [0.2, 0.25) is 0 Å². The Labute approximate surface area is 123 Å². The molecular formula is C15H18N4O2. The molecule has 3 heterocycles. The highest BCUT2D eigenvalue weighted by atomic mass is 16.5. The molecule has 0 saturated carbocycles. The average Bonchev–Trinajstić information content (AvgIpc) is 3.18. The number of nitrogens with one attached hydrogen (secondary N) is 1. The van der Waals surface area contributed by atoms with Crippen LogP contribution in [0.5, 0.6) is 0 Å². The van der Waals surface area contributed by atoms with Crippen molar-refractivity contribution in [2.24, 2.45) is 0 Å². The van der Waals surface area contributed by atoms with E-state index in [0.29, 0.717) is 24.5 Å². The monoisotopic (exact) mass is 286 g/mol. The molecule has 2 aliphatic heterocycles. The van der Waals surface area contributed by atoms with Crippen molar-refractivity contribution in [2.75, 3.05) is 26.3 Å². The number of hydrogen-bond donors (Lipinski definition) is 1. The van der Waals surface area contributed by atoms with Crippen molar-refractivity contribution in [3.63, 3.8) is 0 Å². The Bertz CT molecular complexity index is 546. The maximum atomic E-state index is 12.3. The Balaban J connectivity index is 1.64. The van der Waals surface area contributed by atoms with Gasteiger partial charge in [-0.2, -0.15) is 5.26 Å². The van der Waals surface area contributed by atoms with Crippen molar-refractivity contribution < 1.29 is 9.53 Å². The minimum Gasteiger partial charge on any atom is -0.378 e. The van der Waals surface area contributed by atoms with Crippen LogP contribution in [0.3, 0.4) is 0 Å². The van der Waals surface area contributed by atoms with E-state index in [1.807, 2.05) is 6.07 Å². The second kappa shape index (κ2) is 6.20. The number of amides is 1. The molecule has 0 unspecified atom stereocenters. The third-order valence-electron chi connectivity index (χ3n) is 4.12. The summed E-state index contributed by atoms with van der Waals surface area (Å²) in [6.45, 7) is 3.39. The second-order valence-electron chi connectivity index (χ2n) is 5.47. The van der Waals surface area contributed by atoms with Crippen LogP contribution in [0.1, 0.15) is 28.9 Å². The van der Waals surface area contributed by atoms with Gasteiger partial charge in [-0.1, -0.05) is 0 Å². The second-order valence-corrected chi connectivity index (χ2v) is 5.47. The van der Waals surface area contributed by atoms with E-state index in [-0.39, 0.29) is 18.0 Å². The maximum Gasteiger partial charge on any atom is 0.253 e. The highest BCUT2D eigenvalue weighted by Gasteiger charge is 2.35. The van der Waals surface area contributed by atoms with Crippen LogP contribution in [0.25, 0.3) is 0 Å². The molecule has 3 rings (SSSR count). The number of hydrogen-bond acceptors (Lipinski definition) is 5. The van der Waals surface area contributed by atoms with Crippen molar-refractivity contribution in [1.29, 1.82) is 5.26 Å². The summed E-state index contributed by atoms with van der Waals surface area (Å²) in [5, 5.41) is 11.7. The van der Waals surface area contributed by atoms with Gasteiger partial charge in [-0.3, -0.25) is 9.69 Å². The van der Waals surface area contributed by atoms with Crippen LogP contribution in [-0.4, -0.2) is 54.2 Å². The number of likely N-dealkylation sites (tertiary alicyclic amines) is 1. The van der Waals surface area contributed by atoms with Crippen LogP contribution in [0.4, 0.5) is 0 Å². The van der Waals surface area contributed by atoms with Crippen LogP contribution in [0.15, 0.2) is 18.3 Å². The van der Waals surface area contributed by atoms with Crippen LogP contribution < -0.4 is 5.32 Å². The van der Waals surface area contributed by atoms with Gasteiger partial charge in [-0.15, -0.1) is 0 Å². The zero-order valence-corrected chi connectivity index (χ0v) is 11.8. The molecule has 1 amide bonds. The molecule has 1 aromatic rings. The van der Waals surface area contributed by atoms with Gasteiger partial charge < -0.3 is 10.1 Å². The molecule has 110 valence electrons. The smallest absolute Gasteiger partial charge is 0.253 e. The Morgan fingerprint density at radius 1 is 1.38 bits per heavy atom. The largest absolute Gasteiger partial charge is 0.378 e. The van der Waals surface area contributed by atoms with Gasteiger partial charge in [0.25, 0.3) is 5.91 Å². The minimum absolute atomic E-state index is 0.0197. The maximum absolute atomic E-state index is 12.3. The fourth-order valence-corrected chi connectivity index (χ4v) is 2.96. The SMILES string of the molecule is N#Cc1ccc(C(=O)N[C@H]2COC[C@@H]2N2CCCC2)cn1. The standard InChI is InChI=1S/C15H18N4O2/c16-7-12-4-3-11(8-17-12)15(20)18-13-9-21-10-14(13)19-5-1-2-6-19/h3-4,8,13-14H,1-2,5-6,9-10H2,(H,18,20)/t13-,14-/m0/s1. The molecule has 0 aromatic carbocycles. The predicted octanol–water partition coefficient (Wildman–Crippen LogP) is 0.546. The molecule has 2 saturated heterocycles. The summed E-state index contributed by atoms with van der Waals surface area (Å²) in [7, 11) is 0. The lowest BCUT2D eigenvalue weighted by molar-refractivity contribution is 0.0916. The fourth-order valence-electron chi connectivity index (χ4n) is 2.96. The molecule has 0 radical (unpaired) electrons. The van der Waals surface area contributed by atoms with Gasteiger partial charge in [-0.05, 0) is 38.1 Å². The molecule has 2 fully saturated rings. The topological polar surface area (TPSA) is 78.2 Å². The summed E-state index contributed by atoms with van der Waals surface area (Å²) in [5.74, 6) is -0.160. The van der Waals surface area contributed by atoms with Gasteiger partial charge in [0.05, 0.1) is 30.9 Å². The summed E-state index contributed by atoms with van der Waals surface area (Å²) in [4.78, 5) is 18.6. The van der Waals surface area contributed by atoms with E-state index in [4.69, 9.17) is 10.00 Å². The number of carbonyl (C=O) groups excluding carboxylic acids is 1. The van der Waals surface area contributed by atoms with Gasteiger partial charge in [0, 0.05) is 6.20 Å². The van der Waals surface area contributed by atoms with Crippen molar-refractivity contribution in [3.8, 4) is 6.07 Å². The quantitative estimate of drug-likeness (QED) is 0.877. The normalized spacial score (nSPS) is 25.7. The van der Waals surface area contributed by atoms with Crippen molar-refractivity contribution in [1.82, 2.24) is 15.2 Å². The van der Waals surface area contributed by atoms with Gasteiger partial charge in [0.1, 0.15) is 11.8 Å². The van der Waals surface area contributed by atoms with Gasteiger partial charge in [0.15, 0.2) is 0 Å². The summed E-state index contributed by atoms with van der Waals surface area (Å²) in [6, 6.07) is 5.41. The van der Waals surface area contributed by atoms with Crippen LogP contribution in [0.2, 0.25) is 0 Å². The van der Waals surface area contributed by atoms with Crippen LogP contribution in [0, 0.1) is 11.3 Å².